The number of hydrogen-bond donors (Lipinski definition) is 1. The lowest BCUT2D eigenvalue weighted by atomic mass is 10.1. The van der Waals surface area contributed by atoms with Crippen LogP contribution in [0.15, 0.2) is 66.0 Å². The Morgan fingerprint density at radius 1 is 1.04 bits per heavy atom. The summed E-state index contributed by atoms with van der Waals surface area (Å²) >= 11 is 1.79. The van der Waals surface area contributed by atoms with Crippen LogP contribution in [0.3, 0.4) is 0 Å². The first-order valence-corrected chi connectivity index (χ1v) is 9.92. The quantitative estimate of drug-likeness (QED) is 0.470. The van der Waals surface area contributed by atoms with Crippen molar-refractivity contribution in [2.45, 2.75) is 36.2 Å². The third-order valence-corrected chi connectivity index (χ3v) is 6.07. The first-order valence-electron chi connectivity index (χ1n) is 9.04. The number of fused-ring (bicyclic) bond motifs is 1. The van der Waals surface area contributed by atoms with Crippen LogP contribution in [0.1, 0.15) is 36.6 Å². The number of benzene rings is 2. The summed E-state index contributed by atoms with van der Waals surface area (Å²) in [5.74, 6) is 0.979. The largest absolute Gasteiger partial charge is 0.360 e. The molecule has 4 aromatic rings. The van der Waals surface area contributed by atoms with E-state index in [-0.39, 0.29) is 0 Å². The number of rotatable bonds is 5. The molecule has 1 aliphatic carbocycles. The maximum absolute atomic E-state index is 4.59. The number of nitrogens with one attached hydrogen (secondary N) is 1. The monoisotopic (exact) mass is 360 g/mol. The molecule has 0 bridgehead atoms. The van der Waals surface area contributed by atoms with Crippen molar-refractivity contribution in [3.63, 3.8) is 0 Å². The van der Waals surface area contributed by atoms with E-state index in [0.29, 0.717) is 11.3 Å². The third-order valence-electron chi connectivity index (χ3n) is 4.96. The number of aromatic nitrogens is 4. The van der Waals surface area contributed by atoms with Gasteiger partial charge in [-0.1, -0.05) is 60.3 Å². The lowest BCUT2D eigenvalue weighted by Crippen LogP contribution is -2.00. The second-order valence-electron chi connectivity index (χ2n) is 6.83. The van der Waals surface area contributed by atoms with Crippen molar-refractivity contribution in [2.75, 3.05) is 0 Å². The minimum absolute atomic E-state index is 0.341. The number of para-hydroxylation sites is 1. The smallest absolute Gasteiger partial charge is 0.192 e. The highest BCUT2D eigenvalue weighted by molar-refractivity contribution is 7.99. The Morgan fingerprint density at radius 3 is 2.62 bits per heavy atom. The molecule has 0 radical (unpaired) electrons. The van der Waals surface area contributed by atoms with Crippen molar-refractivity contribution < 1.29 is 0 Å². The highest BCUT2D eigenvalue weighted by Crippen LogP contribution is 2.44. The molecule has 0 amide bonds. The summed E-state index contributed by atoms with van der Waals surface area (Å²) in [4.78, 5) is 3.36. The third kappa shape index (κ3) is 2.72. The van der Waals surface area contributed by atoms with Gasteiger partial charge in [0.05, 0.1) is 0 Å². The van der Waals surface area contributed by atoms with Crippen LogP contribution in [-0.4, -0.2) is 19.7 Å². The molecule has 1 aliphatic rings. The van der Waals surface area contributed by atoms with Crippen LogP contribution in [0.2, 0.25) is 0 Å². The Balaban J connectivity index is 1.54. The molecular formula is C21H20N4S. The molecule has 2 aromatic heterocycles. The number of aromatic amines is 1. The first-order chi connectivity index (χ1) is 12.8. The molecule has 5 heteroatoms. The molecule has 130 valence electrons. The van der Waals surface area contributed by atoms with E-state index in [4.69, 9.17) is 0 Å². The van der Waals surface area contributed by atoms with Gasteiger partial charge >= 0.3 is 0 Å². The summed E-state index contributed by atoms with van der Waals surface area (Å²) in [5.41, 5.74) is 3.59. The summed E-state index contributed by atoms with van der Waals surface area (Å²) < 4.78 is 2.35. The second kappa shape index (κ2) is 6.32. The van der Waals surface area contributed by atoms with Crippen LogP contribution >= 0.6 is 11.8 Å². The maximum Gasteiger partial charge on any atom is 0.192 e. The van der Waals surface area contributed by atoms with Crippen LogP contribution in [0.25, 0.3) is 22.3 Å². The summed E-state index contributed by atoms with van der Waals surface area (Å²) in [6, 6.07) is 19.5. The molecule has 1 saturated carbocycles. The lowest BCUT2D eigenvalue weighted by Gasteiger charge is -2.13. The van der Waals surface area contributed by atoms with E-state index < -0.39 is 0 Å². The van der Waals surface area contributed by atoms with Gasteiger partial charge < -0.3 is 4.98 Å². The van der Waals surface area contributed by atoms with E-state index in [2.05, 4.69) is 87.5 Å². The van der Waals surface area contributed by atoms with Crippen LogP contribution in [0.4, 0.5) is 0 Å². The van der Waals surface area contributed by atoms with Gasteiger partial charge in [-0.15, -0.1) is 10.2 Å². The molecule has 0 aliphatic heterocycles. The molecule has 1 atom stereocenters. The van der Waals surface area contributed by atoms with E-state index in [1.54, 1.807) is 11.8 Å². The molecule has 0 saturated heterocycles. The van der Waals surface area contributed by atoms with Gasteiger partial charge in [-0.3, -0.25) is 4.57 Å². The van der Waals surface area contributed by atoms with Gasteiger partial charge in [-0.25, -0.2) is 0 Å². The number of H-pyrrole nitrogens is 1. The van der Waals surface area contributed by atoms with Crippen molar-refractivity contribution in [3.05, 3.63) is 66.4 Å². The van der Waals surface area contributed by atoms with Crippen LogP contribution < -0.4 is 0 Å². The molecule has 5 rings (SSSR count). The minimum Gasteiger partial charge on any atom is -0.360 e. The Labute approximate surface area is 156 Å². The average Bonchev–Trinajstić information content (AvgIpc) is 3.30. The SMILES string of the molecule is C[C@@H](Sc1nnc(-c2c[nH]c3ccccc23)n1C1CC1)c1ccccc1. The topological polar surface area (TPSA) is 46.5 Å². The number of thioether (sulfide) groups is 1. The van der Waals surface area contributed by atoms with Crippen molar-refractivity contribution in [1.82, 2.24) is 19.7 Å². The Morgan fingerprint density at radius 2 is 1.81 bits per heavy atom. The summed E-state index contributed by atoms with van der Waals surface area (Å²) in [6.07, 6.45) is 4.48. The lowest BCUT2D eigenvalue weighted by molar-refractivity contribution is 0.668. The highest BCUT2D eigenvalue weighted by atomic mass is 32.2. The fourth-order valence-corrected chi connectivity index (χ4v) is 4.46. The van der Waals surface area contributed by atoms with Crippen LogP contribution in [-0.2, 0) is 0 Å². The minimum atomic E-state index is 0.341. The summed E-state index contributed by atoms with van der Waals surface area (Å²) in [7, 11) is 0. The van der Waals surface area contributed by atoms with E-state index in [0.717, 1.165) is 22.1 Å². The normalized spacial score (nSPS) is 15.4. The van der Waals surface area contributed by atoms with Gasteiger partial charge in [-0.2, -0.15) is 0 Å². The van der Waals surface area contributed by atoms with Crippen molar-refractivity contribution in [1.29, 1.82) is 0 Å². The molecule has 1 fully saturated rings. The Kier molecular flexibility index (Phi) is 3.82. The second-order valence-corrected chi connectivity index (χ2v) is 8.13. The predicted octanol–water partition coefficient (Wildman–Crippen LogP) is 5.61. The predicted molar refractivity (Wildman–Crippen MR) is 106 cm³/mol. The molecule has 4 nitrogen and oxygen atoms in total. The molecule has 2 heterocycles. The van der Waals surface area contributed by atoms with Gasteiger partial charge in [0, 0.05) is 34.0 Å². The molecule has 26 heavy (non-hydrogen) atoms. The first kappa shape index (κ1) is 15.7. The zero-order valence-corrected chi connectivity index (χ0v) is 15.4. The summed E-state index contributed by atoms with van der Waals surface area (Å²) in [6.45, 7) is 2.23. The van der Waals surface area contributed by atoms with Gasteiger partial charge in [0.1, 0.15) is 0 Å². The number of nitrogens with zero attached hydrogens (tertiary/aromatic N) is 3. The van der Waals surface area contributed by atoms with E-state index in [1.165, 1.54) is 23.8 Å². The van der Waals surface area contributed by atoms with Crippen LogP contribution in [0.5, 0.6) is 0 Å². The number of hydrogen-bond acceptors (Lipinski definition) is 3. The van der Waals surface area contributed by atoms with Crippen molar-refractivity contribution >= 4 is 22.7 Å². The van der Waals surface area contributed by atoms with Gasteiger partial charge in [0.25, 0.3) is 0 Å². The van der Waals surface area contributed by atoms with Gasteiger partial charge in [0.2, 0.25) is 0 Å². The fraction of sp³-hybridized carbons (Fsp3) is 0.238. The van der Waals surface area contributed by atoms with E-state index in [9.17, 15) is 0 Å². The van der Waals surface area contributed by atoms with Crippen LogP contribution in [0, 0.1) is 0 Å². The fourth-order valence-electron chi connectivity index (χ4n) is 3.41. The zero-order valence-electron chi connectivity index (χ0n) is 14.6. The van der Waals surface area contributed by atoms with Gasteiger partial charge in [0.15, 0.2) is 11.0 Å². The molecule has 0 unspecified atom stereocenters. The highest BCUT2D eigenvalue weighted by Gasteiger charge is 2.31. The van der Waals surface area contributed by atoms with E-state index >= 15 is 0 Å². The summed E-state index contributed by atoms with van der Waals surface area (Å²) in [5, 5.41) is 11.7. The average molecular weight is 360 g/mol. The van der Waals surface area contributed by atoms with Crippen molar-refractivity contribution in [3.8, 4) is 11.4 Å². The Hall–Kier alpha value is -2.53. The maximum atomic E-state index is 4.59. The molecule has 0 spiro atoms. The standard InChI is InChI=1S/C21H20N4S/c1-14(15-7-3-2-4-8-15)26-21-24-23-20(25(21)16-11-12-16)18-13-22-19-10-6-5-9-17(18)19/h2-10,13-14,16,22H,11-12H2,1H3/t14-/m1/s1. The molecule has 1 N–H and O–H groups in total. The molecule has 2 aromatic carbocycles. The van der Waals surface area contributed by atoms with Crippen molar-refractivity contribution in [2.24, 2.45) is 0 Å². The zero-order chi connectivity index (χ0) is 17.5. The molecular weight excluding hydrogens is 340 g/mol. The van der Waals surface area contributed by atoms with E-state index in [1.807, 2.05) is 0 Å². The Bertz CT molecular complexity index is 1050. The van der Waals surface area contributed by atoms with Gasteiger partial charge in [-0.05, 0) is 31.4 Å².